The second-order valence-corrected chi connectivity index (χ2v) is 3.72. The molecule has 0 atom stereocenters. The first-order chi connectivity index (χ1) is 9.36. The zero-order valence-electron chi connectivity index (χ0n) is 11.2. The number of ether oxygens (including phenoxy) is 3. The summed E-state index contributed by atoms with van der Waals surface area (Å²) in [5.74, 6) is 6.40. The molecule has 0 unspecified atom stereocenters. The van der Waals surface area contributed by atoms with Gasteiger partial charge in [-0.1, -0.05) is 11.8 Å². The molecular formula is C14H20N2O3. The highest BCUT2D eigenvalue weighted by Gasteiger charge is 1.96. The van der Waals surface area contributed by atoms with Crippen LogP contribution in [0.25, 0.3) is 0 Å². The van der Waals surface area contributed by atoms with Gasteiger partial charge >= 0.3 is 0 Å². The molecule has 1 heterocycles. The Balaban J connectivity index is 2.22. The number of nitrogens with two attached hydrogens (primary N) is 1. The SMILES string of the molecule is COCCOCCCOc1cncc(C#CCN)c1. The molecule has 104 valence electrons. The van der Waals surface area contributed by atoms with Gasteiger partial charge in [-0.15, -0.1) is 0 Å². The van der Waals surface area contributed by atoms with Gasteiger partial charge in [0.05, 0.1) is 32.6 Å². The predicted molar refractivity (Wildman–Crippen MR) is 73.0 cm³/mol. The molecule has 0 aliphatic rings. The lowest BCUT2D eigenvalue weighted by atomic mass is 10.3. The summed E-state index contributed by atoms with van der Waals surface area (Å²) in [4.78, 5) is 4.06. The van der Waals surface area contributed by atoms with Gasteiger partial charge in [0.1, 0.15) is 5.75 Å². The average molecular weight is 264 g/mol. The number of nitrogens with zero attached hydrogens (tertiary/aromatic N) is 1. The van der Waals surface area contributed by atoms with E-state index >= 15 is 0 Å². The van der Waals surface area contributed by atoms with Crippen LogP contribution in [0.1, 0.15) is 12.0 Å². The third-order valence-electron chi connectivity index (χ3n) is 2.18. The summed E-state index contributed by atoms with van der Waals surface area (Å²) in [5, 5.41) is 0. The number of pyridine rings is 1. The Bertz CT molecular complexity index is 413. The van der Waals surface area contributed by atoms with E-state index in [1.807, 2.05) is 6.07 Å². The minimum atomic E-state index is 0.337. The molecule has 0 spiro atoms. The maximum Gasteiger partial charge on any atom is 0.138 e. The van der Waals surface area contributed by atoms with Gasteiger partial charge in [-0.05, 0) is 6.07 Å². The summed E-state index contributed by atoms with van der Waals surface area (Å²) < 4.78 is 15.8. The van der Waals surface area contributed by atoms with E-state index in [1.165, 1.54) is 0 Å². The smallest absolute Gasteiger partial charge is 0.138 e. The quantitative estimate of drug-likeness (QED) is 0.556. The molecule has 0 fully saturated rings. The number of hydrogen-bond donors (Lipinski definition) is 1. The first-order valence-electron chi connectivity index (χ1n) is 6.20. The van der Waals surface area contributed by atoms with Crippen LogP contribution in [0.3, 0.4) is 0 Å². The van der Waals surface area contributed by atoms with E-state index < -0.39 is 0 Å². The molecule has 0 saturated carbocycles. The maximum absolute atomic E-state index is 5.56. The third-order valence-corrected chi connectivity index (χ3v) is 2.18. The second-order valence-electron chi connectivity index (χ2n) is 3.72. The van der Waals surface area contributed by atoms with E-state index in [0.717, 1.165) is 12.0 Å². The van der Waals surface area contributed by atoms with E-state index in [1.54, 1.807) is 19.5 Å². The first kappa shape index (κ1) is 15.4. The molecule has 0 aromatic carbocycles. The molecular weight excluding hydrogens is 244 g/mol. The Hall–Kier alpha value is -1.61. The Labute approximate surface area is 114 Å². The summed E-state index contributed by atoms with van der Waals surface area (Å²) in [6, 6.07) is 1.85. The maximum atomic E-state index is 5.56. The van der Waals surface area contributed by atoms with Crippen LogP contribution in [0.5, 0.6) is 5.75 Å². The molecule has 0 amide bonds. The number of rotatable bonds is 8. The molecule has 5 heteroatoms. The molecule has 1 aromatic heterocycles. The van der Waals surface area contributed by atoms with Crippen LogP contribution in [0.2, 0.25) is 0 Å². The largest absolute Gasteiger partial charge is 0.492 e. The molecule has 1 aromatic rings. The monoisotopic (exact) mass is 264 g/mol. The molecule has 2 N–H and O–H groups in total. The van der Waals surface area contributed by atoms with Gasteiger partial charge in [0.25, 0.3) is 0 Å². The van der Waals surface area contributed by atoms with Crippen LogP contribution in [-0.2, 0) is 9.47 Å². The summed E-state index contributed by atoms with van der Waals surface area (Å²) >= 11 is 0. The van der Waals surface area contributed by atoms with E-state index in [4.69, 9.17) is 19.9 Å². The van der Waals surface area contributed by atoms with Crippen molar-refractivity contribution < 1.29 is 14.2 Å². The van der Waals surface area contributed by atoms with E-state index in [0.29, 0.717) is 38.7 Å². The zero-order chi connectivity index (χ0) is 13.8. The predicted octanol–water partition coefficient (Wildman–Crippen LogP) is 0.824. The molecule has 0 bridgehead atoms. The van der Waals surface area contributed by atoms with Gasteiger partial charge in [-0.25, -0.2) is 0 Å². The Kier molecular flexibility index (Phi) is 8.39. The number of hydrogen-bond acceptors (Lipinski definition) is 5. The molecule has 5 nitrogen and oxygen atoms in total. The fourth-order valence-electron chi connectivity index (χ4n) is 1.31. The molecule has 0 aliphatic carbocycles. The highest BCUT2D eigenvalue weighted by molar-refractivity contribution is 5.36. The van der Waals surface area contributed by atoms with Crippen LogP contribution in [0.4, 0.5) is 0 Å². The molecule has 0 radical (unpaired) electrons. The fraction of sp³-hybridized carbons (Fsp3) is 0.500. The van der Waals surface area contributed by atoms with Crippen molar-refractivity contribution in [1.29, 1.82) is 0 Å². The normalized spacial score (nSPS) is 9.79. The van der Waals surface area contributed by atoms with E-state index in [-0.39, 0.29) is 0 Å². The summed E-state index contributed by atoms with van der Waals surface area (Å²) in [6.07, 6.45) is 4.17. The lowest BCUT2D eigenvalue weighted by Crippen LogP contribution is -2.06. The van der Waals surface area contributed by atoms with Gasteiger partial charge < -0.3 is 19.9 Å². The lowest BCUT2D eigenvalue weighted by Gasteiger charge is -2.06. The summed E-state index contributed by atoms with van der Waals surface area (Å²) in [6.45, 7) is 2.81. The topological polar surface area (TPSA) is 66.6 Å². The zero-order valence-corrected chi connectivity index (χ0v) is 11.2. The highest BCUT2D eigenvalue weighted by atomic mass is 16.5. The van der Waals surface area contributed by atoms with Gasteiger partial charge in [0.2, 0.25) is 0 Å². The van der Waals surface area contributed by atoms with Crippen LogP contribution in [-0.4, -0.2) is 45.1 Å². The van der Waals surface area contributed by atoms with Gasteiger partial charge in [0, 0.05) is 31.9 Å². The van der Waals surface area contributed by atoms with Crippen molar-refractivity contribution >= 4 is 0 Å². The second kappa shape index (κ2) is 10.3. The minimum absolute atomic E-state index is 0.337. The standard InChI is InChI=1S/C14H20N2O3/c1-17-8-9-18-6-3-7-19-14-10-13(4-2-5-15)11-16-12-14/h10-12H,3,5-9,15H2,1H3. The fourth-order valence-corrected chi connectivity index (χ4v) is 1.31. The van der Waals surface area contributed by atoms with Crippen molar-refractivity contribution in [3.8, 4) is 17.6 Å². The van der Waals surface area contributed by atoms with Crippen molar-refractivity contribution in [1.82, 2.24) is 4.98 Å². The van der Waals surface area contributed by atoms with Crippen LogP contribution < -0.4 is 10.5 Å². The van der Waals surface area contributed by atoms with Gasteiger partial charge in [-0.3, -0.25) is 4.98 Å². The van der Waals surface area contributed by atoms with Gasteiger partial charge in [-0.2, -0.15) is 0 Å². The van der Waals surface area contributed by atoms with Gasteiger partial charge in [0.15, 0.2) is 0 Å². The summed E-state index contributed by atoms with van der Waals surface area (Å²) in [5.41, 5.74) is 6.12. The Morgan fingerprint density at radius 3 is 2.89 bits per heavy atom. The first-order valence-corrected chi connectivity index (χ1v) is 6.20. The molecule has 0 saturated heterocycles. The Morgan fingerprint density at radius 2 is 2.11 bits per heavy atom. The van der Waals surface area contributed by atoms with Crippen molar-refractivity contribution in [3.63, 3.8) is 0 Å². The molecule has 0 aliphatic heterocycles. The number of methoxy groups -OCH3 is 1. The third kappa shape index (κ3) is 7.42. The van der Waals surface area contributed by atoms with Crippen molar-refractivity contribution in [3.05, 3.63) is 24.0 Å². The van der Waals surface area contributed by atoms with E-state index in [9.17, 15) is 0 Å². The van der Waals surface area contributed by atoms with Crippen LogP contribution >= 0.6 is 0 Å². The average Bonchev–Trinajstić information content (AvgIpc) is 2.44. The van der Waals surface area contributed by atoms with Crippen LogP contribution in [0.15, 0.2) is 18.5 Å². The van der Waals surface area contributed by atoms with E-state index in [2.05, 4.69) is 16.8 Å². The van der Waals surface area contributed by atoms with Crippen molar-refractivity contribution in [2.24, 2.45) is 5.73 Å². The molecule has 19 heavy (non-hydrogen) atoms. The van der Waals surface area contributed by atoms with Crippen molar-refractivity contribution in [2.45, 2.75) is 6.42 Å². The van der Waals surface area contributed by atoms with Crippen molar-refractivity contribution in [2.75, 3.05) is 40.1 Å². The van der Waals surface area contributed by atoms with Crippen LogP contribution in [0, 0.1) is 11.8 Å². The Morgan fingerprint density at radius 1 is 1.21 bits per heavy atom. The molecule has 1 rings (SSSR count). The lowest BCUT2D eigenvalue weighted by molar-refractivity contribution is 0.0644. The highest BCUT2D eigenvalue weighted by Crippen LogP contribution is 2.10. The summed E-state index contributed by atoms with van der Waals surface area (Å²) in [7, 11) is 1.65. The minimum Gasteiger partial charge on any atom is -0.492 e. The number of aromatic nitrogens is 1.